The number of hydroxylamine groups is 1. The molecule has 168 valence electrons. The van der Waals surface area contributed by atoms with E-state index in [1.54, 1.807) is 24.3 Å². The number of para-hydroxylation sites is 1. The summed E-state index contributed by atoms with van der Waals surface area (Å²) in [5.74, 6) is -0.365. The maximum atomic E-state index is 12.0. The van der Waals surface area contributed by atoms with Crippen molar-refractivity contribution < 1.29 is 14.4 Å². The van der Waals surface area contributed by atoms with Gasteiger partial charge in [0.05, 0.1) is 6.07 Å². The van der Waals surface area contributed by atoms with Gasteiger partial charge in [-0.25, -0.2) is 4.79 Å². The van der Waals surface area contributed by atoms with E-state index in [4.69, 9.17) is 4.84 Å². The molecule has 3 aromatic rings. The van der Waals surface area contributed by atoms with Crippen LogP contribution in [0.25, 0.3) is 0 Å². The van der Waals surface area contributed by atoms with E-state index in [1.165, 1.54) is 0 Å². The summed E-state index contributed by atoms with van der Waals surface area (Å²) >= 11 is 0. The molecule has 6 nitrogen and oxygen atoms in total. The molecule has 0 radical (unpaired) electrons. The second-order valence-corrected chi connectivity index (χ2v) is 7.72. The average molecular weight is 442 g/mol. The SMILES string of the molecule is N#CC(CCCCCC(=O)NOC(=O)Nc1ccccc1)(c1ccccc1)c1ccccc1. The third kappa shape index (κ3) is 6.68. The number of rotatable bonds is 9. The number of anilines is 1. The lowest BCUT2D eigenvalue weighted by Crippen LogP contribution is -2.29. The summed E-state index contributed by atoms with van der Waals surface area (Å²) in [7, 11) is 0. The molecule has 3 rings (SSSR count). The van der Waals surface area contributed by atoms with E-state index in [2.05, 4.69) is 16.9 Å². The normalized spacial score (nSPS) is 10.6. The second kappa shape index (κ2) is 12.1. The van der Waals surface area contributed by atoms with E-state index in [0.29, 0.717) is 18.5 Å². The van der Waals surface area contributed by atoms with E-state index in [0.717, 1.165) is 24.0 Å². The third-order valence-electron chi connectivity index (χ3n) is 5.46. The van der Waals surface area contributed by atoms with Crippen molar-refractivity contribution in [3.8, 4) is 6.07 Å². The van der Waals surface area contributed by atoms with Gasteiger partial charge in [-0.1, -0.05) is 91.7 Å². The van der Waals surface area contributed by atoms with E-state index < -0.39 is 11.5 Å². The second-order valence-electron chi connectivity index (χ2n) is 7.72. The van der Waals surface area contributed by atoms with Gasteiger partial charge in [0.25, 0.3) is 5.91 Å². The van der Waals surface area contributed by atoms with Crippen LogP contribution in [0.15, 0.2) is 91.0 Å². The smallest absolute Gasteiger partial charge is 0.321 e. The topological polar surface area (TPSA) is 91.2 Å². The standard InChI is InChI=1S/C27H27N3O3/c28-21-27(22-13-5-1-6-14-22,23-15-7-2-8-16-23)20-12-4-11-19-25(31)30-33-26(32)29-24-17-9-3-10-18-24/h1-3,5-10,13-18H,4,11-12,19-20H2,(H,29,32)(H,30,31). The van der Waals surface area contributed by atoms with Crippen LogP contribution in [-0.4, -0.2) is 12.0 Å². The number of unbranched alkanes of at least 4 members (excludes halogenated alkanes) is 2. The monoisotopic (exact) mass is 441 g/mol. The largest absolute Gasteiger partial charge is 0.436 e. The molecule has 0 atom stereocenters. The van der Waals surface area contributed by atoms with Crippen LogP contribution in [0, 0.1) is 11.3 Å². The molecule has 0 aliphatic heterocycles. The summed E-state index contributed by atoms with van der Waals surface area (Å²) in [6, 6.07) is 31.0. The number of hydrogen-bond acceptors (Lipinski definition) is 4. The van der Waals surface area contributed by atoms with Crippen molar-refractivity contribution in [3.05, 3.63) is 102 Å². The molecule has 0 spiro atoms. The van der Waals surface area contributed by atoms with Gasteiger partial charge in [0.1, 0.15) is 5.41 Å². The molecule has 2 amide bonds. The van der Waals surface area contributed by atoms with E-state index in [9.17, 15) is 14.9 Å². The number of carbonyl (C=O) groups is 2. The number of nitrogens with zero attached hydrogens (tertiary/aromatic N) is 1. The molecule has 33 heavy (non-hydrogen) atoms. The number of hydrogen-bond donors (Lipinski definition) is 2. The molecule has 0 fully saturated rings. The zero-order chi connectivity index (χ0) is 23.4. The molecule has 0 aromatic heterocycles. The van der Waals surface area contributed by atoms with E-state index in [-0.39, 0.29) is 12.3 Å². The van der Waals surface area contributed by atoms with Gasteiger partial charge in [-0.05, 0) is 36.1 Å². The van der Waals surface area contributed by atoms with Crippen molar-refractivity contribution in [2.24, 2.45) is 0 Å². The lowest BCUT2D eigenvalue weighted by molar-refractivity contribution is -0.129. The van der Waals surface area contributed by atoms with E-state index in [1.807, 2.05) is 66.7 Å². The van der Waals surface area contributed by atoms with Crippen LogP contribution in [-0.2, 0) is 15.0 Å². The van der Waals surface area contributed by atoms with Gasteiger partial charge in [-0.15, -0.1) is 0 Å². The summed E-state index contributed by atoms with van der Waals surface area (Å²) in [6.45, 7) is 0. The molecule has 2 N–H and O–H groups in total. The van der Waals surface area contributed by atoms with Crippen LogP contribution in [0.2, 0.25) is 0 Å². The lowest BCUT2D eigenvalue weighted by Gasteiger charge is -2.28. The van der Waals surface area contributed by atoms with Gasteiger partial charge in [0.15, 0.2) is 0 Å². The minimum atomic E-state index is -0.751. The number of benzene rings is 3. The Bertz CT molecular complexity index is 1020. The Labute approximate surface area is 194 Å². The Morgan fingerprint density at radius 1 is 0.788 bits per heavy atom. The molecule has 0 unspecified atom stereocenters. The molecule has 0 aliphatic rings. The van der Waals surface area contributed by atoms with Crippen LogP contribution >= 0.6 is 0 Å². The van der Waals surface area contributed by atoms with Gasteiger partial charge >= 0.3 is 6.09 Å². The first-order chi connectivity index (χ1) is 16.1. The predicted octanol–water partition coefficient (Wildman–Crippen LogP) is 5.73. The Kier molecular flexibility index (Phi) is 8.61. The number of nitriles is 1. The Morgan fingerprint density at radius 2 is 1.33 bits per heavy atom. The van der Waals surface area contributed by atoms with E-state index >= 15 is 0 Å². The van der Waals surface area contributed by atoms with Crippen LogP contribution < -0.4 is 10.8 Å². The molecule has 3 aromatic carbocycles. The highest BCUT2D eigenvalue weighted by Gasteiger charge is 2.33. The summed E-state index contributed by atoms with van der Waals surface area (Å²) in [5.41, 5.74) is 3.95. The maximum absolute atomic E-state index is 12.0. The number of amides is 2. The van der Waals surface area contributed by atoms with Crippen molar-refractivity contribution >= 4 is 17.7 Å². The number of nitrogens with one attached hydrogen (secondary N) is 2. The third-order valence-corrected chi connectivity index (χ3v) is 5.46. The van der Waals surface area contributed by atoms with Gasteiger partial charge in [-0.2, -0.15) is 10.7 Å². The Morgan fingerprint density at radius 3 is 1.88 bits per heavy atom. The first kappa shape index (κ1) is 23.6. The highest BCUT2D eigenvalue weighted by atomic mass is 16.7. The molecular formula is C27H27N3O3. The summed E-state index contributed by atoms with van der Waals surface area (Å²) < 4.78 is 0. The highest BCUT2D eigenvalue weighted by Crippen LogP contribution is 2.36. The highest BCUT2D eigenvalue weighted by molar-refractivity contribution is 5.86. The fourth-order valence-corrected chi connectivity index (χ4v) is 3.76. The van der Waals surface area contributed by atoms with Gasteiger partial charge in [-0.3, -0.25) is 10.1 Å². The zero-order valence-electron chi connectivity index (χ0n) is 18.4. The predicted molar refractivity (Wildman–Crippen MR) is 127 cm³/mol. The molecule has 0 bridgehead atoms. The minimum Gasteiger partial charge on any atom is -0.321 e. The fourth-order valence-electron chi connectivity index (χ4n) is 3.76. The Balaban J connectivity index is 1.46. The molecule has 0 saturated carbocycles. The van der Waals surface area contributed by atoms with Crippen LogP contribution in [0.5, 0.6) is 0 Å². The fraction of sp³-hybridized carbons (Fsp3) is 0.222. The van der Waals surface area contributed by atoms with Crippen molar-refractivity contribution in [2.75, 3.05) is 5.32 Å². The van der Waals surface area contributed by atoms with Crippen molar-refractivity contribution in [3.63, 3.8) is 0 Å². The van der Waals surface area contributed by atoms with Gasteiger partial charge in [0.2, 0.25) is 0 Å². The molecular weight excluding hydrogens is 414 g/mol. The quantitative estimate of drug-likeness (QED) is 0.328. The van der Waals surface area contributed by atoms with Crippen LogP contribution in [0.1, 0.15) is 43.2 Å². The van der Waals surface area contributed by atoms with Gasteiger partial charge < -0.3 is 4.84 Å². The van der Waals surface area contributed by atoms with Gasteiger partial charge in [0, 0.05) is 12.1 Å². The molecule has 0 aliphatic carbocycles. The molecule has 0 heterocycles. The summed E-state index contributed by atoms with van der Waals surface area (Å²) in [6.07, 6.45) is 2.30. The van der Waals surface area contributed by atoms with Crippen molar-refractivity contribution in [2.45, 2.75) is 37.5 Å². The summed E-state index contributed by atoms with van der Waals surface area (Å²) in [5, 5.41) is 12.7. The molecule has 0 saturated heterocycles. The van der Waals surface area contributed by atoms with Crippen LogP contribution in [0.4, 0.5) is 10.5 Å². The average Bonchev–Trinajstić information content (AvgIpc) is 2.87. The van der Waals surface area contributed by atoms with Crippen LogP contribution in [0.3, 0.4) is 0 Å². The molecule has 6 heteroatoms. The first-order valence-corrected chi connectivity index (χ1v) is 11.0. The number of carbonyl (C=O) groups excluding carboxylic acids is 2. The summed E-state index contributed by atoms with van der Waals surface area (Å²) in [4.78, 5) is 28.5. The lowest BCUT2D eigenvalue weighted by atomic mass is 9.72. The zero-order valence-corrected chi connectivity index (χ0v) is 18.4. The minimum absolute atomic E-state index is 0.231. The maximum Gasteiger partial charge on any atom is 0.436 e. The van der Waals surface area contributed by atoms with Crippen molar-refractivity contribution in [1.82, 2.24) is 5.48 Å². The van der Waals surface area contributed by atoms with Crippen molar-refractivity contribution in [1.29, 1.82) is 5.26 Å². The first-order valence-electron chi connectivity index (χ1n) is 11.0. The Hall–Kier alpha value is -4.11.